The molecule has 10 heteroatoms. The molecule has 6 nitrogen and oxygen atoms in total. The van der Waals surface area contributed by atoms with Crippen LogP contribution in [0, 0.1) is 0 Å². The molecule has 2 aromatic rings. The maximum absolute atomic E-state index is 12.1. The Balaban J connectivity index is 1.68. The van der Waals surface area contributed by atoms with E-state index < -0.39 is 12.8 Å². The molecular formula is C16H16ClF3N4O2. The third-order valence-electron chi connectivity index (χ3n) is 3.61. The fourth-order valence-corrected chi connectivity index (χ4v) is 2.70. The van der Waals surface area contributed by atoms with Crippen molar-refractivity contribution in [3.8, 4) is 5.75 Å². The molecule has 0 bridgehead atoms. The molecule has 0 radical (unpaired) electrons. The van der Waals surface area contributed by atoms with Crippen molar-refractivity contribution < 1.29 is 22.6 Å². The standard InChI is InChI=1S/C16H16ClF3N4O2/c17-14-12(2-1-3-13(14)24-4-6-25-7-5-24)23-15-21-8-11(9-22-15)26-10-16(18,19)20/h1-3,8-9H,4-7,10H2,(H,21,22,23). The molecule has 0 saturated carbocycles. The molecular weight excluding hydrogens is 373 g/mol. The quantitative estimate of drug-likeness (QED) is 0.843. The summed E-state index contributed by atoms with van der Waals surface area (Å²) in [6, 6.07) is 5.53. The van der Waals surface area contributed by atoms with Gasteiger partial charge < -0.3 is 19.7 Å². The summed E-state index contributed by atoms with van der Waals surface area (Å²) in [5, 5.41) is 3.47. The Morgan fingerprint density at radius 1 is 1.19 bits per heavy atom. The van der Waals surface area contributed by atoms with E-state index in [0.717, 1.165) is 18.8 Å². The highest BCUT2D eigenvalue weighted by Crippen LogP contribution is 2.34. The highest BCUT2D eigenvalue weighted by molar-refractivity contribution is 6.36. The molecule has 26 heavy (non-hydrogen) atoms. The Kier molecular flexibility index (Phi) is 5.67. The van der Waals surface area contributed by atoms with Crippen LogP contribution in [0.5, 0.6) is 5.75 Å². The van der Waals surface area contributed by atoms with Crippen molar-refractivity contribution in [2.45, 2.75) is 6.18 Å². The van der Waals surface area contributed by atoms with Crippen LogP contribution in [0.3, 0.4) is 0 Å². The van der Waals surface area contributed by atoms with Crippen LogP contribution < -0.4 is 15.0 Å². The molecule has 1 fully saturated rings. The summed E-state index contributed by atoms with van der Waals surface area (Å²) in [4.78, 5) is 10.0. The Morgan fingerprint density at radius 2 is 1.88 bits per heavy atom. The second-order valence-electron chi connectivity index (χ2n) is 5.51. The van der Waals surface area contributed by atoms with Crippen LogP contribution in [0.15, 0.2) is 30.6 Å². The third-order valence-corrected chi connectivity index (χ3v) is 4.00. The van der Waals surface area contributed by atoms with E-state index >= 15 is 0 Å². The summed E-state index contributed by atoms with van der Waals surface area (Å²) in [5.41, 5.74) is 1.46. The molecule has 0 spiro atoms. The molecule has 1 aliphatic heterocycles. The van der Waals surface area contributed by atoms with E-state index in [9.17, 15) is 13.2 Å². The summed E-state index contributed by atoms with van der Waals surface area (Å²) in [7, 11) is 0. The molecule has 140 valence electrons. The lowest BCUT2D eigenvalue weighted by molar-refractivity contribution is -0.153. The summed E-state index contributed by atoms with van der Waals surface area (Å²) >= 11 is 6.47. The first-order chi connectivity index (χ1) is 12.4. The van der Waals surface area contributed by atoms with Crippen LogP contribution >= 0.6 is 11.6 Å². The SMILES string of the molecule is FC(F)(F)COc1cnc(Nc2cccc(N3CCOCC3)c2Cl)nc1. The number of rotatable bonds is 5. The molecule has 1 N–H and O–H groups in total. The topological polar surface area (TPSA) is 59.5 Å². The smallest absolute Gasteiger partial charge is 0.422 e. The Labute approximate surface area is 152 Å². The first-order valence-electron chi connectivity index (χ1n) is 7.82. The monoisotopic (exact) mass is 388 g/mol. The molecule has 0 aliphatic carbocycles. The van der Waals surface area contributed by atoms with Gasteiger partial charge >= 0.3 is 6.18 Å². The minimum atomic E-state index is -4.41. The first-order valence-corrected chi connectivity index (χ1v) is 8.20. The average molecular weight is 389 g/mol. The van der Waals surface area contributed by atoms with Crippen molar-refractivity contribution in [3.63, 3.8) is 0 Å². The van der Waals surface area contributed by atoms with Gasteiger partial charge in [0, 0.05) is 13.1 Å². The highest BCUT2D eigenvalue weighted by atomic mass is 35.5. The lowest BCUT2D eigenvalue weighted by Crippen LogP contribution is -2.36. The summed E-state index contributed by atoms with van der Waals surface area (Å²) in [6.45, 7) is 1.36. The van der Waals surface area contributed by atoms with Crippen LogP contribution in [0.1, 0.15) is 0 Å². The van der Waals surface area contributed by atoms with Gasteiger partial charge in [-0.3, -0.25) is 0 Å². The number of ether oxygens (including phenoxy) is 2. The van der Waals surface area contributed by atoms with E-state index in [0.29, 0.717) is 23.9 Å². The molecule has 2 heterocycles. The van der Waals surface area contributed by atoms with E-state index in [4.69, 9.17) is 16.3 Å². The summed E-state index contributed by atoms with van der Waals surface area (Å²) < 4.78 is 46.3. The first kappa shape index (κ1) is 18.5. The Morgan fingerprint density at radius 3 is 2.54 bits per heavy atom. The van der Waals surface area contributed by atoms with Gasteiger partial charge in [0.05, 0.1) is 42.0 Å². The second kappa shape index (κ2) is 7.96. The number of alkyl halides is 3. The van der Waals surface area contributed by atoms with Crippen molar-refractivity contribution in [2.75, 3.05) is 43.1 Å². The average Bonchev–Trinajstić information content (AvgIpc) is 2.63. The van der Waals surface area contributed by atoms with Crippen LogP contribution in [0.4, 0.5) is 30.5 Å². The van der Waals surface area contributed by atoms with Crippen LogP contribution in [-0.4, -0.2) is 49.1 Å². The lowest BCUT2D eigenvalue weighted by atomic mass is 10.2. The summed E-state index contributed by atoms with van der Waals surface area (Å²) in [5.74, 6) is 0.131. The van der Waals surface area contributed by atoms with E-state index in [-0.39, 0.29) is 11.7 Å². The maximum atomic E-state index is 12.1. The molecule has 0 atom stereocenters. The number of morpholine rings is 1. The van der Waals surface area contributed by atoms with Gasteiger partial charge in [0.25, 0.3) is 0 Å². The van der Waals surface area contributed by atoms with E-state index in [1.54, 1.807) is 6.07 Å². The molecule has 0 amide bonds. The van der Waals surface area contributed by atoms with Crippen LogP contribution in [-0.2, 0) is 4.74 Å². The van der Waals surface area contributed by atoms with Crippen LogP contribution in [0.25, 0.3) is 0 Å². The van der Waals surface area contributed by atoms with Crippen molar-refractivity contribution in [3.05, 3.63) is 35.6 Å². The van der Waals surface area contributed by atoms with Gasteiger partial charge in [-0.2, -0.15) is 13.2 Å². The molecule has 1 aliphatic rings. The van der Waals surface area contributed by atoms with Crippen molar-refractivity contribution >= 4 is 28.9 Å². The van der Waals surface area contributed by atoms with Gasteiger partial charge in [-0.25, -0.2) is 9.97 Å². The number of anilines is 3. The Hall–Kier alpha value is -2.26. The minimum absolute atomic E-state index is 0.0685. The zero-order valence-electron chi connectivity index (χ0n) is 13.6. The molecule has 1 aromatic carbocycles. The number of aromatic nitrogens is 2. The van der Waals surface area contributed by atoms with Crippen molar-refractivity contribution in [1.29, 1.82) is 0 Å². The second-order valence-corrected chi connectivity index (χ2v) is 5.89. The van der Waals surface area contributed by atoms with E-state index in [1.807, 2.05) is 12.1 Å². The molecule has 1 aromatic heterocycles. The number of halogens is 4. The zero-order valence-corrected chi connectivity index (χ0v) is 14.3. The van der Waals surface area contributed by atoms with Crippen molar-refractivity contribution in [2.24, 2.45) is 0 Å². The van der Waals surface area contributed by atoms with Crippen LogP contribution in [0.2, 0.25) is 5.02 Å². The van der Waals surface area contributed by atoms with E-state index in [2.05, 4.69) is 24.9 Å². The predicted octanol–water partition coefficient (Wildman–Crippen LogP) is 3.65. The molecule has 3 rings (SSSR count). The fraction of sp³-hybridized carbons (Fsp3) is 0.375. The van der Waals surface area contributed by atoms with Gasteiger partial charge in [-0.1, -0.05) is 17.7 Å². The van der Waals surface area contributed by atoms with Gasteiger partial charge in [0.1, 0.15) is 0 Å². The number of hydrogen-bond donors (Lipinski definition) is 1. The lowest BCUT2D eigenvalue weighted by Gasteiger charge is -2.30. The van der Waals surface area contributed by atoms with Gasteiger partial charge in [0.2, 0.25) is 5.95 Å². The minimum Gasteiger partial charge on any atom is -0.481 e. The third kappa shape index (κ3) is 4.89. The Bertz CT molecular complexity index is 737. The number of benzene rings is 1. The normalized spacial score (nSPS) is 15.0. The van der Waals surface area contributed by atoms with Crippen molar-refractivity contribution in [1.82, 2.24) is 9.97 Å². The van der Waals surface area contributed by atoms with E-state index in [1.165, 1.54) is 12.4 Å². The number of hydrogen-bond acceptors (Lipinski definition) is 6. The maximum Gasteiger partial charge on any atom is 0.422 e. The van der Waals surface area contributed by atoms with Gasteiger partial charge in [-0.15, -0.1) is 0 Å². The molecule has 1 saturated heterocycles. The predicted molar refractivity (Wildman–Crippen MR) is 91.3 cm³/mol. The largest absolute Gasteiger partial charge is 0.481 e. The zero-order chi connectivity index (χ0) is 18.6. The van der Waals surface area contributed by atoms with Gasteiger partial charge in [-0.05, 0) is 12.1 Å². The van der Waals surface area contributed by atoms with Gasteiger partial charge in [0.15, 0.2) is 12.4 Å². The summed E-state index contributed by atoms with van der Waals surface area (Å²) in [6.07, 6.45) is -2.08. The molecule has 0 unspecified atom stereocenters. The highest BCUT2D eigenvalue weighted by Gasteiger charge is 2.28. The fourth-order valence-electron chi connectivity index (χ4n) is 2.41. The number of nitrogens with zero attached hydrogens (tertiary/aromatic N) is 3. The number of nitrogens with one attached hydrogen (secondary N) is 1.